The SMILES string of the molecule is Cc1ccc(-c2nc(CCNc3ccnc4cc(F)ccc34)co2)cc1. The summed E-state index contributed by atoms with van der Waals surface area (Å²) in [5.74, 6) is 0.346. The van der Waals surface area contributed by atoms with Crippen LogP contribution < -0.4 is 5.32 Å². The lowest BCUT2D eigenvalue weighted by molar-refractivity contribution is 0.572. The van der Waals surface area contributed by atoms with Gasteiger partial charge in [0.2, 0.25) is 5.89 Å². The number of nitrogens with zero attached hydrogens (tertiary/aromatic N) is 2. The molecule has 0 atom stereocenters. The molecule has 4 nitrogen and oxygen atoms in total. The summed E-state index contributed by atoms with van der Waals surface area (Å²) in [6.45, 7) is 2.74. The Morgan fingerprint density at radius 1 is 1.08 bits per heavy atom. The topological polar surface area (TPSA) is 51.0 Å². The molecule has 0 bridgehead atoms. The third-order valence-corrected chi connectivity index (χ3v) is 4.25. The first-order valence-corrected chi connectivity index (χ1v) is 8.49. The van der Waals surface area contributed by atoms with Crippen molar-refractivity contribution in [2.45, 2.75) is 13.3 Å². The third kappa shape index (κ3) is 3.42. The van der Waals surface area contributed by atoms with Crippen molar-refractivity contribution in [3.63, 3.8) is 0 Å². The largest absolute Gasteiger partial charge is 0.444 e. The summed E-state index contributed by atoms with van der Waals surface area (Å²) in [7, 11) is 0. The van der Waals surface area contributed by atoms with Crippen molar-refractivity contribution in [1.82, 2.24) is 9.97 Å². The van der Waals surface area contributed by atoms with Gasteiger partial charge in [-0.05, 0) is 37.3 Å². The minimum Gasteiger partial charge on any atom is -0.444 e. The van der Waals surface area contributed by atoms with E-state index in [0.29, 0.717) is 18.0 Å². The molecule has 26 heavy (non-hydrogen) atoms. The fraction of sp³-hybridized carbons (Fsp3) is 0.143. The first-order chi connectivity index (χ1) is 12.7. The van der Waals surface area contributed by atoms with Gasteiger partial charge in [0.05, 0.1) is 11.2 Å². The van der Waals surface area contributed by atoms with E-state index in [4.69, 9.17) is 4.42 Å². The van der Waals surface area contributed by atoms with Gasteiger partial charge in [0, 0.05) is 41.9 Å². The van der Waals surface area contributed by atoms with Crippen molar-refractivity contribution in [2.24, 2.45) is 0 Å². The molecule has 0 fully saturated rings. The highest BCUT2D eigenvalue weighted by Crippen LogP contribution is 2.23. The highest BCUT2D eigenvalue weighted by molar-refractivity contribution is 5.90. The summed E-state index contributed by atoms with van der Waals surface area (Å²) in [6, 6.07) is 14.6. The first-order valence-electron chi connectivity index (χ1n) is 8.49. The van der Waals surface area contributed by atoms with E-state index in [2.05, 4.69) is 15.3 Å². The molecule has 0 amide bonds. The second kappa shape index (κ2) is 6.96. The summed E-state index contributed by atoms with van der Waals surface area (Å²) >= 11 is 0. The van der Waals surface area contributed by atoms with E-state index in [9.17, 15) is 4.39 Å². The summed E-state index contributed by atoms with van der Waals surface area (Å²) in [6.07, 6.45) is 4.09. The van der Waals surface area contributed by atoms with Gasteiger partial charge >= 0.3 is 0 Å². The molecule has 1 N–H and O–H groups in total. The molecule has 2 aromatic carbocycles. The molecule has 0 saturated heterocycles. The third-order valence-electron chi connectivity index (χ3n) is 4.25. The zero-order chi connectivity index (χ0) is 17.9. The molecule has 0 aliphatic rings. The van der Waals surface area contributed by atoms with Crippen LogP contribution in [0.3, 0.4) is 0 Å². The van der Waals surface area contributed by atoms with Crippen molar-refractivity contribution >= 4 is 16.6 Å². The zero-order valence-corrected chi connectivity index (χ0v) is 14.4. The lowest BCUT2D eigenvalue weighted by atomic mass is 10.1. The number of pyridine rings is 1. The molecule has 0 aliphatic carbocycles. The molecular weight excluding hydrogens is 329 g/mol. The van der Waals surface area contributed by atoms with E-state index in [0.717, 1.165) is 28.8 Å². The van der Waals surface area contributed by atoms with Crippen LogP contribution in [0.5, 0.6) is 0 Å². The summed E-state index contributed by atoms with van der Waals surface area (Å²) in [5, 5.41) is 4.27. The van der Waals surface area contributed by atoms with Crippen LogP contribution in [-0.4, -0.2) is 16.5 Å². The van der Waals surface area contributed by atoms with Crippen molar-refractivity contribution in [3.8, 4) is 11.5 Å². The number of anilines is 1. The Balaban J connectivity index is 1.43. The van der Waals surface area contributed by atoms with E-state index in [1.165, 1.54) is 17.7 Å². The predicted molar refractivity (Wildman–Crippen MR) is 101 cm³/mol. The van der Waals surface area contributed by atoms with Crippen LogP contribution in [0.15, 0.2) is 65.4 Å². The highest BCUT2D eigenvalue weighted by atomic mass is 19.1. The second-order valence-electron chi connectivity index (χ2n) is 6.21. The van der Waals surface area contributed by atoms with Gasteiger partial charge in [0.15, 0.2) is 0 Å². The van der Waals surface area contributed by atoms with Gasteiger partial charge in [-0.1, -0.05) is 17.7 Å². The minimum absolute atomic E-state index is 0.284. The minimum atomic E-state index is -0.284. The van der Waals surface area contributed by atoms with Gasteiger partial charge < -0.3 is 9.73 Å². The maximum atomic E-state index is 13.3. The Morgan fingerprint density at radius 2 is 1.92 bits per heavy atom. The quantitative estimate of drug-likeness (QED) is 0.552. The summed E-state index contributed by atoms with van der Waals surface area (Å²) in [4.78, 5) is 8.75. The number of benzene rings is 2. The highest BCUT2D eigenvalue weighted by Gasteiger charge is 2.07. The van der Waals surface area contributed by atoms with Gasteiger partial charge in [-0.25, -0.2) is 9.37 Å². The molecule has 4 aromatic rings. The Hall–Kier alpha value is -3.21. The molecule has 0 radical (unpaired) electrons. The number of fused-ring (bicyclic) bond motifs is 1. The molecule has 0 aliphatic heterocycles. The van der Waals surface area contributed by atoms with Gasteiger partial charge in [0.1, 0.15) is 12.1 Å². The van der Waals surface area contributed by atoms with Crippen molar-refractivity contribution in [1.29, 1.82) is 0 Å². The van der Waals surface area contributed by atoms with E-state index < -0.39 is 0 Å². The van der Waals surface area contributed by atoms with Crippen LogP contribution in [-0.2, 0) is 6.42 Å². The molecule has 4 rings (SSSR count). The van der Waals surface area contributed by atoms with Crippen LogP contribution in [0.4, 0.5) is 10.1 Å². The first kappa shape index (κ1) is 16.3. The predicted octanol–water partition coefficient (Wildman–Crippen LogP) is 4.99. The smallest absolute Gasteiger partial charge is 0.226 e. The van der Waals surface area contributed by atoms with Gasteiger partial charge in [0.25, 0.3) is 0 Å². The van der Waals surface area contributed by atoms with Crippen LogP contribution in [0.1, 0.15) is 11.3 Å². The number of hydrogen-bond donors (Lipinski definition) is 1. The van der Waals surface area contributed by atoms with Crippen molar-refractivity contribution in [3.05, 3.63) is 78.1 Å². The Morgan fingerprint density at radius 3 is 2.77 bits per heavy atom. The molecule has 0 spiro atoms. The standard InChI is InChI=1S/C21H18FN3O/c1-14-2-4-15(5-3-14)21-25-17(13-26-21)8-10-23-19-9-11-24-20-12-16(22)6-7-18(19)20/h2-7,9,11-13H,8,10H2,1H3,(H,23,24). The maximum absolute atomic E-state index is 13.3. The van der Waals surface area contributed by atoms with E-state index >= 15 is 0 Å². The van der Waals surface area contributed by atoms with Gasteiger partial charge in [-0.15, -0.1) is 0 Å². The molecule has 2 heterocycles. The Labute approximate surface area is 150 Å². The number of halogens is 1. The van der Waals surface area contributed by atoms with Crippen molar-refractivity contribution in [2.75, 3.05) is 11.9 Å². The molecule has 0 unspecified atom stereocenters. The summed E-state index contributed by atoms with van der Waals surface area (Å²) in [5.41, 5.74) is 4.62. The number of nitrogens with one attached hydrogen (secondary N) is 1. The van der Waals surface area contributed by atoms with Crippen LogP contribution >= 0.6 is 0 Å². The average Bonchev–Trinajstić information content (AvgIpc) is 3.11. The number of rotatable bonds is 5. The Bertz CT molecular complexity index is 1040. The number of oxazole rings is 1. The molecule has 2 aromatic heterocycles. The Kier molecular flexibility index (Phi) is 4.35. The fourth-order valence-electron chi connectivity index (χ4n) is 2.85. The van der Waals surface area contributed by atoms with Crippen LogP contribution in [0.2, 0.25) is 0 Å². The van der Waals surface area contributed by atoms with Crippen molar-refractivity contribution < 1.29 is 8.81 Å². The molecule has 0 saturated carbocycles. The molecular formula is C21H18FN3O. The maximum Gasteiger partial charge on any atom is 0.226 e. The molecule has 5 heteroatoms. The average molecular weight is 347 g/mol. The van der Waals surface area contributed by atoms with E-state index in [-0.39, 0.29) is 5.82 Å². The van der Waals surface area contributed by atoms with E-state index in [1.54, 1.807) is 18.5 Å². The number of aromatic nitrogens is 2. The zero-order valence-electron chi connectivity index (χ0n) is 14.4. The van der Waals surface area contributed by atoms with Gasteiger partial charge in [-0.2, -0.15) is 0 Å². The molecule has 130 valence electrons. The van der Waals surface area contributed by atoms with Crippen LogP contribution in [0, 0.1) is 12.7 Å². The second-order valence-corrected chi connectivity index (χ2v) is 6.21. The van der Waals surface area contributed by atoms with Crippen LogP contribution in [0.25, 0.3) is 22.4 Å². The lowest BCUT2D eigenvalue weighted by Crippen LogP contribution is -2.05. The summed E-state index contributed by atoms with van der Waals surface area (Å²) < 4.78 is 18.9. The monoisotopic (exact) mass is 347 g/mol. The fourth-order valence-corrected chi connectivity index (χ4v) is 2.85. The lowest BCUT2D eigenvalue weighted by Gasteiger charge is -2.08. The van der Waals surface area contributed by atoms with E-state index in [1.807, 2.05) is 37.3 Å². The number of hydrogen-bond acceptors (Lipinski definition) is 4. The normalized spacial score (nSPS) is 11.0. The van der Waals surface area contributed by atoms with Gasteiger partial charge in [-0.3, -0.25) is 4.98 Å². The number of aryl methyl sites for hydroxylation is 1.